The Bertz CT molecular complexity index is 870. The number of urea groups is 1. The lowest BCUT2D eigenvalue weighted by molar-refractivity contribution is 0.0580. The molecule has 2 amide bonds. The highest BCUT2D eigenvalue weighted by Crippen LogP contribution is 2.19. The number of hydrogen-bond acceptors (Lipinski definition) is 3. The maximum atomic E-state index is 13.2. The molecule has 1 N–H and O–H groups in total. The fraction of sp³-hybridized carbons (Fsp3) is 0.391. The van der Waals surface area contributed by atoms with Crippen molar-refractivity contribution in [3.8, 4) is 0 Å². The average Bonchev–Trinajstić information content (AvgIpc) is 3.11. The quantitative estimate of drug-likeness (QED) is 0.799. The molecule has 154 valence electrons. The van der Waals surface area contributed by atoms with E-state index in [2.05, 4.69) is 10.5 Å². The van der Waals surface area contributed by atoms with Gasteiger partial charge in [0, 0.05) is 18.5 Å². The number of rotatable bonds is 5. The molecule has 0 saturated heterocycles. The van der Waals surface area contributed by atoms with E-state index in [1.807, 2.05) is 52.0 Å². The Morgan fingerprint density at radius 2 is 1.83 bits per heavy atom. The van der Waals surface area contributed by atoms with E-state index in [1.54, 1.807) is 17.0 Å². The zero-order valence-corrected chi connectivity index (χ0v) is 17.4. The first-order valence-electron chi connectivity index (χ1n) is 9.81. The molecular formula is C23H28FN3O2. The van der Waals surface area contributed by atoms with Crippen molar-refractivity contribution >= 4 is 11.7 Å². The zero-order chi connectivity index (χ0) is 21.0. The summed E-state index contributed by atoms with van der Waals surface area (Å²) >= 11 is 0. The van der Waals surface area contributed by atoms with Gasteiger partial charge in [0.05, 0.1) is 12.3 Å². The molecule has 1 aliphatic heterocycles. The first kappa shape index (κ1) is 20.8. The molecule has 0 aliphatic carbocycles. The van der Waals surface area contributed by atoms with Gasteiger partial charge < -0.3 is 15.1 Å². The lowest BCUT2D eigenvalue weighted by Crippen LogP contribution is -2.50. The predicted molar refractivity (Wildman–Crippen MR) is 112 cm³/mol. The third-order valence-electron chi connectivity index (χ3n) is 4.60. The van der Waals surface area contributed by atoms with Gasteiger partial charge >= 0.3 is 6.03 Å². The van der Waals surface area contributed by atoms with E-state index < -0.39 is 0 Å². The third-order valence-corrected chi connectivity index (χ3v) is 4.60. The summed E-state index contributed by atoms with van der Waals surface area (Å²) in [5, 5.41) is 7.23. The van der Waals surface area contributed by atoms with Crippen LogP contribution in [0, 0.1) is 12.7 Å². The number of aryl methyl sites for hydroxylation is 1. The lowest BCUT2D eigenvalue weighted by Gasteiger charge is -2.29. The average molecular weight is 397 g/mol. The molecule has 3 rings (SSSR count). The minimum atomic E-state index is -0.363. The second-order valence-corrected chi connectivity index (χ2v) is 8.52. The van der Waals surface area contributed by atoms with E-state index >= 15 is 0 Å². The second-order valence-electron chi connectivity index (χ2n) is 8.52. The van der Waals surface area contributed by atoms with Crippen molar-refractivity contribution in [2.24, 2.45) is 5.16 Å². The number of carbonyl (C=O) groups is 1. The highest BCUT2D eigenvalue weighted by atomic mass is 19.1. The molecule has 2 aromatic carbocycles. The molecule has 5 nitrogen and oxygen atoms in total. The Balaban J connectivity index is 1.68. The lowest BCUT2D eigenvalue weighted by atomic mass is 10.0. The van der Waals surface area contributed by atoms with Crippen molar-refractivity contribution < 1.29 is 14.0 Å². The van der Waals surface area contributed by atoms with Gasteiger partial charge in [-0.2, -0.15) is 0 Å². The molecule has 1 aliphatic rings. The maximum Gasteiger partial charge on any atom is 0.318 e. The van der Waals surface area contributed by atoms with Gasteiger partial charge in [-0.1, -0.05) is 47.1 Å². The normalized spacial score (nSPS) is 16.2. The number of hydrogen-bond donors (Lipinski definition) is 1. The first-order chi connectivity index (χ1) is 13.7. The van der Waals surface area contributed by atoms with Gasteiger partial charge in [-0.05, 0) is 51.0 Å². The van der Waals surface area contributed by atoms with Crippen LogP contribution in [-0.2, 0) is 11.4 Å². The summed E-state index contributed by atoms with van der Waals surface area (Å²) in [6, 6.07) is 14.2. The number of halogens is 1. The SMILES string of the molecule is Cc1ccc(C2=NO[C@@H](CN(Cc3ccc(F)cc3)C(=O)NC(C)(C)C)C2)cc1. The molecule has 0 fully saturated rings. The van der Waals surface area contributed by atoms with Crippen LogP contribution in [0.3, 0.4) is 0 Å². The van der Waals surface area contributed by atoms with Gasteiger partial charge in [-0.3, -0.25) is 0 Å². The zero-order valence-electron chi connectivity index (χ0n) is 17.4. The molecule has 1 atom stereocenters. The molecule has 0 aromatic heterocycles. The van der Waals surface area contributed by atoms with Crippen LogP contribution in [0.25, 0.3) is 0 Å². The number of carbonyl (C=O) groups excluding carboxylic acids is 1. The number of nitrogens with zero attached hydrogens (tertiary/aromatic N) is 2. The molecule has 0 bridgehead atoms. The van der Waals surface area contributed by atoms with Crippen LogP contribution in [0.5, 0.6) is 0 Å². The van der Waals surface area contributed by atoms with E-state index in [-0.39, 0.29) is 23.5 Å². The smallest absolute Gasteiger partial charge is 0.318 e. The number of oxime groups is 1. The van der Waals surface area contributed by atoms with E-state index in [1.165, 1.54) is 17.7 Å². The molecule has 1 heterocycles. The molecule has 29 heavy (non-hydrogen) atoms. The fourth-order valence-corrected chi connectivity index (χ4v) is 3.12. The summed E-state index contributed by atoms with van der Waals surface area (Å²) in [5.74, 6) is -0.297. The predicted octanol–water partition coefficient (Wildman–Crippen LogP) is 4.64. The minimum absolute atomic E-state index is 0.186. The van der Waals surface area contributed by atoms with Crippen molar-refractivity contribution in [1.82, 2.24) is 10.2 Å². The van der Waals surface area contributed by atoms with Gasteiger partial charge in [-0.25, -0.2) is 9.18 Å². The second kappa shape index (κ2) is 8.64. The minimum Gasteiger partial charge on any atom is -0.390 e. The van der Waals surface area contributed by atoms with Crippen molar-refractivity contribution in [3.05, 3.63) is 71.0 Å². The van der Waals surface area contributed by atoms with E-state index in [9.17, 15) is 9.18 Å². The fourth-order valence-electron chi connectivity index (χ4n) is 3.12. The van der Waals surface area contributed by atoms with Crippen molar-refractivity contribution in [1.29, 1.82) is 0 Å². The third kappa shape index (κ3) is 6.04. The summed E-state index contributed by atoms with van der Waals surface area (Å²) in [5.41, 5.74) is 3.59. The van der Waals surface area contributed by atoms with Gasteiger partial charge in [0.1, 0.15) is 5.82 Å². The van der Waals surface area contributed by atoms with Gasteiger partial charge in [0.2, 0.25) is 0 Å². The van der Waals surface area contributed by atoms with Crippen LogP contribution in [0.2, 0.25) is 0 Å². The van der Waals surface area contributed by atoms with Crippen LogP contribution in [-0.4, -0.2) is 34.8 Å². The molecule has 6 heteroatoms. The van der Waals surface area contributed by atoms with Crippen LogP contribution < -0.4 is 5.32 Å². The van der Waals surface area contributed by atoms with Crippen LogP contribution in [0.15, 0.2) is 53.7 Å². The highest BCUT2D eigenvalue weighted by Gasteiger charge is 2.28. The number of benzene rings is 2. The van der Waals surface area contributed by atoms with Crippen LogP contribution in [0.4, 0.5) is 9.18 Å². The number of amides is 2. The largest absolute Gasteiger partial charge is 0.390 e. The molecule has 0 saturated carbocycles. The Morgan fingerprint density at radius 1 is 1.17 bits per heavy atom. The summed E-state index contributed by atoms with van der Waals surface area (Å²) in [6.07, 6.45) is 0.406. The van der Waals surface area contributed by atoms with Crippen molar-refractivity contribution in [2.75, 3.05) is 6.54 Å². The monoisotopic (exact) mass is 397 g/mol. The molecule has 0 spiro atoms. The molecular weight excluding hydrogens is 369 g/mol. The van der Waals surface area contributed by atoms with Crippen LogP contribution >= 0.6 is 0 Å². The van der Waals surface area contributed by atoms with E-state index in [4.69, 9.17) is 4.84 Å². The van der Waals surface area contributed by atoms with Crippen molar-refractivity contribution in [2.45, 2.75) is 52.3 Å². The number of nitrogens with one attached hydrogen (secondary N) is 1. The van der Waals surface area contributed by atoms with E-state index in [0.29, 0.717) is 19.5 Å². The van der Waals surface area contributed by atoms with E-state index in [0.717, 1.165) is 16.8 Å². The topological polar surface area (TPSA) is 53.9 Å². The first-order valence-corrected chi connectivity index (χ1v) is 9.81. The molecule has 2 aromatic rings. The van der Waals surface area contributed by atoms with Gasteiger partial charge in [0.15, 0.2) is 6.10 Å². The summed E-state index contributed by atoms with van der Waals surface area (Å²) < 4.78 is 13.2. The van der Waals surface area contributed by atoms with Crippen LogP contribution in [0.1, 0.15) is 43.9 Å². The van der Waals surface area contributed by atoms with Crippen molar-refractivity contribution in [3.63, 3.8) is 0 Å². The maximum absolute atomic E-state index is 13.2. The molecule has 0 unspecified atom stereocenters. The highest BCUT2D eigenvalue weighted by molar-refractivity contribution is 6.01. The standard InChI is InChI=1S/C23H28FN3O2/c1-16-5-9-18(10-6-16)21-13-20(29-26-21)15-27(22(28)25-23(2,3)4)14-17-7-11-19(24)12-8-17/h5-12,20H,13-15H2,1-4H3,(H,25,28)/t20-/m1/s1. The van der Waals surface area contributed by atoms with Gasteiger partial charge in [0.25, 0.3) is 0 Å². The Kier molecular flexibility index (Phi) is 6.20. The van der Waals surface area contributed by atoms with Gasteiger partial charge in [-0.15, -0.1) is 0 Å². The summed E-state index contributed by atoms with van der Waals surface area (Å²) in [4.78, 5) is 20.2. The molecule has 0 radical (unpaired) electrons. The summed E-state index contributed by atoms with van der Waals surface area (Å²) in [6.45, 7) is 8.60. The summed E-state index contributed by atoms with van der Waals surface area (Å²) in [7, 11) is 0. The Hall–Kier alpha value is -2.89. The Morgan fingerprint density at radius 3 is 2.45 bits per heavy atom. The Labute approximate surface area is 171 Å².